The fourth-order valence-electron chi connectivity index (χ4n) is 1.39. The molecule has 1 N–H and O–H groups in total. The largest absolute Gasteiger partial charge is 0.308 e. The van der Waals surface area contributed by atoms with Crippen LogP contribution >= 0.6 is 15.9 Å². The molecule has 0 amide bonds. The van der Waals surface area contributed by atoms with Crippen LogP contribution in [-0.2, 0) is 6.54 Å². The van der Waals surface area contributed by atoms with Gasteiger partial charge in [0.25, 0.3) is 5.69 Å². The normalized spacial score (nSPS) is 10.1. The molecule has 1 aromatic carbocycles. The van der Waals surface area contributed by atoms with Crippen LogP contribution in [0.2, 0.25) is 0 Å². The third-order valence-electron chi connectivity index (χ3n) is 2.25. The molecule has 0 aromatic heterocycles. The van der Waals surface area contributed by atoms with Crippen molar-refractivity contribution < 1.29 is 4.92 Å². The van der Waals surface area contributed by atoms with Crippen molar-refractivity contribution in [3.8, 4) is 0 Å². The SMILES string of the molecule is C=C(Br)CNCc1cccc([N+](=O)[O-])c1C. The molecular formula is C11H13BrN2O2. The number of nitrogens with zero attached hydrogens (tertiary/aromatic N) is 1. The fourth-order valence-corrected chi connectivity index (χ4v) is 1.59. The van der Waals surface area contributed by atoms with Gasteiger partial charge >= 0.3 is 0 Å². The molecule has 5 heteroatoms. The molecule has 0 fully saturated rings. The second kappa shape index (κ2) is 5.77. The second-order valence-electron chi connectivity index (χ2n) is 3.44. The molecule has 0 atom stereocenters. The summed E-state index contributed by atoms with van der Waals surface area (Å²) in [5, 5.41) is 13.9. The Hall–Kier alpha value is -1.20. The van der Waals surface area contributed by atoms with Crippen molar-refractivity contribution >= 4 is 21.6 Å². The number of nitrogens with one attached hydrogen (secondary N) is 1. The Bertz CT molecular complexity index is 418. The highest BCUT2D eigenvalue weighted by Gasteiger charge is 2.12. The van der Waals surface area contributed by atoms with Crippen LogP contribution in [-0.4, -0.2) is 11.5 Å². The summed E-state index contributed by atoms with van der Waals surface area (Å²) in [5.41, 5.74) is 1.81. The van der Waals surface area contributed by atoms with Crippen LogP contribution in [0.25, 0.3) is 0 Å². The fraction of sp³-hybridized carbons (Fsp3) is 0.273. The zero-order chi connectivity index (χ0) is 12.1. The van der Waals surface area contributed by atoms with Crippen molar-refractivity contribution in [2.24, 2.45) is 0 Å². The van der Waals surface area contributed by atoms with Gasteiger partial charge in [-0.1, -0.05) is 34.6 Å². The summed E-state index contributed by atoms with van der Waals surface area (Å²) >= 11 is 3.24. The van der Waals surface area contributed by atoms with Crippen LogP contribution in [0.4, 0.5) is 5.69 Å². The number of nitro benzene ring substituents is 1. The lowest BCUT2D eigenvalue weighted by Crippen LogP contribution is -2.15. The van der Waals surface area contributed by atoms with Crippen molar-refractivity contribution in [3.63, 3.8) is 0 Å². The molecular weight excluding hydrogens is 272 g/mol. The Morgan fingerprint density at radius 3 is 2.88 bits per heavy atom. The maximum Gasteiger partial charge on any atom is 0.272 e. The molecule has 0 aliphatic carbocycles. The predicted octanol–water partition coefficient (Wildman–Crippen LogP) is 2.90. The maximum absolute atomic E-state index is 10.7. The van der Waals surface area contributed by atoms with Gasteiger partial charge in [0.2, 0.25) is 0 Å². The first-order chi connectivity index (χ1) is 7.52. The van der Waals surface area contributed by atoms with E-state index in [0.717, 1.165) is 10.0 Å². The van der Waals surface area contributed by atoms with E-state index in [1.54, 1.807) is 13.0 Å². The first kappa shape index (κ1) is 12.9. The first-order valence-electron chi connectivity index (χ1n) is 4.79. The van der Waals surface area contributed by atoms with Crippen LogP contribution in [0.15, 0.2) is 29.3 Å². The monoisotopic (exact) mass is 284 g/mol. The molecule has 0 aliphatic heterocycles. The molecule has 0 heterocycles. The van der Waals surface area contributed by atoms with Gasteiger partial charge in [0.05, 0.1) is 4.92 Å². The van der Waals surface area contributed by atoms with Gasteiger partial charge in [0, 0.05) is 29.2 Å². The lowest BCUT2D eigenvalue weighted by atomic mass is 10.1. The highest BCUT2D eigenvalue weighted by molar-refractivity contribution is 9.11. The Labute approximate surface area is 103 Å². The van der Waals surface area contributed by atoms with Gasteiger partial charge in [-0.05, 0) is 12.5 Å². The van der Waals surface area contributed by atoms with Crippen LogP contribution in [0, 0.1) is 17.0 Å². The molecule has 1 rings (SSSR count). The van der Waals surface area contributed by atoms with Gasteiger partial charge in [-0.15, -0.1) is 0 Å². The molecule has 0 bridgehead atoms. The summed E-state index contributed by atoms with van der Waals surface area (Å²) in [6, 6.07) is 5.10. The summed E-state index contributed by atoms with van der Waals surface area (Å²) in [7, 11) is 0. The molecule has 0 saturated heterocycles. The Kier molecular flexibility index (Phi) is 4.64. The van der Waals surface area contributed by atoms with E-state index in [1.807, 2.05) is 6.07 Å². The van der Waals surface area contributed by atoms with E-state index in [0.29, 0.717) is 18.7 Å². The molecule has 86 valence electrons. The average Bonchev–Trinajstić information content (AvgIpc) is 2.19. The molecule has 0 unspecified atom stereocenters. The van der Waals surface area contributed by atoms with Crippen molar-refractivity contribution in [3.05, 3.63) is 50.5 Å². The summed E-state index contributed by atoms with van der Waals surface area (Å²) in [4.78, 5) is 10.4. The summed E-state index contributed by atoms with van der Waals surface area (Å²) in [6.45, 7) is 6.70. The highest BCUT2D eigenvalue weighted by Crippen LogP contribution is 2.20. The van der Waals surface area contributed by atoms with Crippen molar-refractivity contribution in [2.75, 3.05) is 6.54 Å². The van der Waals surface area contributed by atoms with E-state index in [2.05, 4.69) is 27.8 Å². The first-order valence-corrected chi connectivity index (χ1v) is 5.58. The van der Waals surface area contributed by atoms with E-state index >= 15 is 0 Å². The third-order valence-corrected chi connectivity index (χ3v) is 2.53. The van der Waals surface area contributed by atoms with Gasteiger partial charge < -0.3 is 5.32 Å². The molecule has 16 heavy (non-hydrogen) atoms. The Morgan fingerprint density at radius 2 is 2.31 bits per heavy atom. The van der Waals surface area contributed by atoms with E-state index in [9.17, 15) is 10.1 Å². The Morgan fingerprint density at radius 1 is 1.62 bits per heavy atom. The number of nitro groups is 1. The predicted molar refractivity (Wildman–Crippen MR) is 67.6 cm³/mol. The van der Waals surface area contributed by atoms with Gasteiger partial charge in [0.1, 0.15) is 0 Å². The number of hydrogen-bond donors (Lipinski definition) is 1. The highest BCUT2D eigenvalue weighted by atomic mass is 79.9. The number of hydrogen-bond acceptors (Lipinski definition) is 3. The summed E-state index contributed by atoms with van der Waals surface area (Å²) in [5.74, 6) is 0. The van der Waals surface area contributed by atoms with Gasteiger partial charge in [0.15, 0.2) is 0 Å². The van der Waals surface area contributed by atoms with Crippen LogP contribution in [0.3, 0.4) is 0 Å². The Balaban J connectivity index is 2.77. The van der Waals surface area contributed by atoms with E-state index < -0.39 is 0 Å². The van der Waals surface area contributed by atoms with Crippen LogP contribution < -0.4 is 5.32 Å². The molecule has 4 nitrogen and oxygen atoms in total. The second-order valence-corrected chi connectivity index (χ2v) is 4.56. The van der Waals surface area contributed by atoms with Crippen LogP contribution in [0.1, 0.15) is 11.1 Å². The summed E-state index contributed by atoms with van der Waals surface area (Å²) < 4.78 is 0.857. The topological polar surface area (TPSA) is 55.2 Å². The number of benzene rings is 1. The van der Waals surface area contributed by atoms with Crippen molar-refractivity contribution in [2.45, 2.75) is 13.5 Å². The van der Waals surface area contributed by atoms with E-state index in [4.69, 9.17) is 0 Å². The van der Waals surface area contributed by atoms with Crippen molar-refractivity contribution in [1.29, 1.82) is 0 Å². The molecule has 0 spiro atoms. The lowest BCUT2D eigenvalue weighted by molar-refractivity contribution is -0.385. The summed E-state index contributed by atoms with van der Waals surface area (Å²) in [6.07, 6.45) is 0. The zero-order valence-electron chi connectivity index (χ0n) is 9.00. The minimum absolute atomic E-state index is 0.164. The van der Waals surface area contributed by atoms with E-state index in [-0.39, 0.29) is 10.6 Å². The molecule has 0 aliphatic rings. The average molecular weight is 285 g/mol. The minimum atomic E-state index is -0.359. The lowest BCUT2D eigenvalue weighted by Gasteiger charge is -2.07. The standard InChI is InChI=1S/C11H13BrN2O2/c1-8(12)6-13-7-10-4-3-5-11(9(10)2)14(15)16/h3-5,13H,1,6-7H2,2H3. The van der Waals surface area contributed by atoms with Crippen molar-refractivity contribution in [1.82, 2.24) is 5.32 Å². The number of rotatable bonds is 5. The van der Waals surface area contributed by atoms with Gasteiger partial charge in [-0.2, -0.15) is 0 Å². The smallest absolute Gasteiger partial charge is 0.272 e. The molecule has 0 radical (unpaired) electrons. The quantitative estimate of drug-likeness (QED) is 0.668. The van der Waals surface area contributed by atoms with E-state index in [1.165, 1.54) is 6.07 Å². The molecule has 1 aromatic rings. The zero-order valence-corrected chi connectivity index (χ0v) is 10.6. The number of halogens is 1. The maximum atomic E-state index is 10.7. The van der Waals surface area contributed by atoms with Crippen LogP contribution in [0.5, 0.6) is 0 Å². The minimum Gasteiger partial charge on any atom is -0.308 e. The van der Waals surface area contributed by atoms with Gasteiger partial charge in [-0.3, -0.25) is 10.1 Å². The third kappa shape index (κ3) is 3.43. The van der Waals surface area contributed by atoms with Gasteiger partial charge in [-0.25, -0.2) is 0 Å². The molecule has 0 saturated carbocycles.